The molecule has 2 rings (SSSR count). The second-order valence-electron chi connectivity index (χ2n) is 2.63. The van der Waals surface area contributed by atoms with Crippen molar-refractivity contribution in [3.05, 3.63) is 29.3 Å². The largest absolute Gasteiger partial charge is 0.325 e. The number of fused-ring (bicyclic) bond motifs is 1. The maximum atomic E-state index is 6.57. The number of hydrogen-bond donors (Lipinski definition) is 1. The van der Waals surface area contributed by atoms with Gasteiger partial charge in [0.2, 0.25) is 6.40 Å². The van der Waals surface area contributed by atoms with Gasteiger partial charge in [-0.3, -0.25) is 5.41 Å². The van der Waals surface area contributed by atoms with Crippen LogP contribution in [0.3, 0.4) is 0 Å². The van der Waals surface area contributed by atoms with E-state index >= 15 is 0 Å². The minimum atomic E-state index is 0.0310. The highest BCUT2D eigenvalue weighted by atomic mass is 35.5. The highest BCUT2D eigenvalue weighted by Crippen LogP contribution is 2.14. The van der Waals surface area contributed by atoms with Gasteiger partial charge in [-0.1, -0.05) is 11.6 Å². The topological polar surface area (TPSA) is 72.5 Å². The number of aromatic nitrogens is 3. The van der Waals surface area contributed by atoms with Gasteiger partial charge in [-0.15, -0.1) is 5.10 Å². The van der Waals surface area contributed by atoms with E-state index in [4.69, 9.17) is 17.0 Å². The van der Waals surface area contributed by atoms with Gasteiger partial charge < -0.3 is 4.89 Å². The molecule has 0 saturated carbocycles. The van der Waals surface area contributed by atoms with E-state index in [9.17, 15) is 0 Å². The first kappa shape index (κ1) is 9.88. The lowest BCUT2D eigenvalue weighted by Gasteiger charge is -2.01. The van der Waals surface area contributed by atoms with Crippen LogP contribution in [0.25, 0.3) is 5.52 Å². The molecule has 0 aliphatic carbocycles. The van der Waals surface area contributed by atoms with Gasteiger partial charge in [0.15, 0.2) is 17.6 Å². The first-order valence-electron chi connectivity index (χ1n) is 4.08. The maximum Gasteiger partial charge on any atom is 0.212 e. The van der Waals surface area contributed by atoms with Gasteiger partial charge in [-0.25, -0.2) is 9.50 Å². The second-order valence-corrected chi connectivity index (χ2v) is 2.99. The van der Waals surface area contributed by atoms with Crippen molar-refractivity contribution >= 4 is 23.5 Å². The molecule has 2 aromatic rings. The fourth-order valence-corrected chi connectivity index (χ4v) is 1.37. The summed E-state index contributed by atoms with van der Waals surface area (Å²) in [4.78, 5) is 12.9. The number of nitrogens with zero attached hydrogens (tertiary/aromatic N) is 3. The standard InChI is InChI=1S/C8H7ClN4O2/c9-8-6-2-1-3-13(6)12-7(11-8)4-14-15-5-10/h1-3,5,10H,4H2. The van der Waals surface area contributed by atoms with E-state index in [0.717, 1.165) is 5.52 Å². The lowest BCUT2D eigenvalue weighted by molar-refractivity contribution is -0.229. The third kappa shape index (κ3) is 2.05. The first-order valence-corrected chi connectivity index (χ1v) is 4.46. The van der Waals surface area contributed by atoms with Crippen molar-refractivity contribution in [2.24, 2.45) is 0 Å². The van der Waals surface area contributed by atoms with E-state index in [1.54, 1.807) is 16.8 Å². The summed E-state index contributed by atoms with van der Waals surface area (Å²) in [6.45, 7) is 0.0310. The lowest BCUT2D eigenvalue weighted by Crippen LogP contribution is -2.04. The second kappa shape index (κ2) is 4.24. The van der Waals surface area contributed by atoms with Crippen LogP contribution < -0.4 is 0 Å². The Morgan fingerprint density at radius 2 is 2.47 bits per heavy atom. The molecule has 0 radical (unpaired) electrons. The van der Waals surface area contributed by atoms with Gasteiger partial charge in [0, 0.05) is 6.20 Å². The highest BCUT2D eigenvalue weighted by Gasteiger charge is 2.05. The van der Waals surface area contributed by atoms with E-state index in [0.29, 0.717) is 17.4 Å². The van der Waals surface area contributed by atoms with Crippen LogP contribution in [-0.2, 0) is 16.4 Å². The Morgan fingerprint density at radius 3 is 3.27 bits per heavy atom. The third-order valence-electron chi connectivity index (χ3n) is 1.69. The molecular formula is C8H7ClN4O2. The number of halogens is 1. The van der Waals surface area contributed by atoms with Crippen molar-refractivity contribution in [2.75, 3.05) is 0 Å². The minimum Gasteiger partial charge on any atom is -0.325 e. The van der Waals surface area contributed by atoms with Crippen LogP contribution in [0.1, 0.15) is 5.82 Å². The van der Waals surface area contributed by atoms with Crippen LogP contribution in [0.15, 0.2) is 18.3 Å². The Labute approximate surface area is 89.8 Å². The van der Waals surface area contributed by atoms with Crippen LogP contribution in [0.2, 0.25) is 5.15 Å². The predicted molar refractivity (Wildman–Crippen MR) is 52.7 cm³/mol. The van der Waals surface area contributed by atoms with Crippen molar-refractivity contribution in [3.8, 4) is 0 Å². The molecule has 0 saturated heterocycles. The molecule has 0 aliphatic heterocycles. The Hall–Kier alpha value is -1.66. The molecule has 78 valence electrons. The van der Waals surface area contributed by atoms with Crippen LogP contribution in [-0.4, -0.2) is 21.0 Å². The quantitative estimate of drug-likeness (QED) is 0.282. The van der Waals surface area contributed by atoms with E-state index < -0.39 is 0 Å². The minimum absolute atomic E-state index is 0.0310. The zero-order valence-electron chi connectivity index (χ0n) is 7.55. The molecule has 0 spiro atoms. The molecule has 0 aromatic carbocycles. The average Bonchev–Trinajstić information content (AvgIpc) is 2.66. The van der Waals surface area contributed by atoms with Crippen LogP contribution >= 0.6 is 11.6 Å². The van der Waals surface area contributed by atoms with Crippen LogP contribution in [0.5, 0.6) is 0 Å². The van der Waals surface area contributed by atoms with Crippen molar-refractivity contribution in [2.45, 2.75) is 6.61 Å². The molecule has 0 bridgehead atoms. The molecular weight excluding hydrogens is 220 g/mol. The van der Waals surface area contributed by atoms with E-state index in [-0.39, 0.29) is 6.61 Å². The van der Waals surface area contributed by atoms with Crippen molar-refractivity contribution < 1.29 is 9.78 Å². The molecule has 15 heavy (non-hydrogen) atoms. The molecule has 2 aromatic heterocycles. The molecule has 0 fully saturated rings. The normalized spacial score (nSPS) is 10.5. The number of hydrogen-bond acceptors (Lipinski definition) is 5. The monoisotopic (exact) mass is 226 g/mol. The van der Waals surface area contributed by atoms with E-state index in [1.807, 2.05) is 6.07 Å². The molecule has 0 aliphatic rings. The summed E-state index contributed by atoms with van der Waals surface area (Å²) < 4.78 is 1.60. The summed E-state index contributed by atoms with van der Waals surface area (Å²) in [6, 6.07) is 3.62. The van der Waals surface area contributed by atoms with Gasteiger partial charge in [0.1, 0.15) is 5.52 Å². The smallest absolute Gasteiger partial charge is 0.212 e. The fraction of sp³-hybridized carbons (Fsp3) is 0.125. The predicted octanol–water partition coefficient (Wildman–Crippen LogP) is 1.44. The SMILES string of the molecule is N=COOCc1nc(Cl)c2cccn2n1. The maximum absolute atomic E-state index is 6.57. The molecule has 6 nitrogen and oxygen atoms in total. The summed E-state index contributed by atoms with van der Waals surface area (Å²) >= 11 is 5.90. The third-order valence-corrected chi connectivity index (χ3v) is 1.97. The Kier molecular flexibility index (Phi) is 2.79. The summed E-state index contributed by atoms with van der Waals surface area (Å²) in [5.74, 6) is 0.380. The van der Waals surface area contributed by atoms with Crippen molar-refractivity contribution in [3.63, 3.8) is 0 Å². The molecule has 1 N–H and O–H groups in total. The van der Waals surface area contributed by atoms with Crippen molar-refractivity contribution in [1.29, 1.82) is 5.41 Å². The van der Waals surface area contributed by atoms with Gasteiger partial charge in [0.05, 0.1) is 0 Å². The highest BCUT2D eigenvalue weighted by molar-refractivity contribution is 6.32. The van der Waals surface area contributed by atoms with Crippen LogP contribution in [0.4, 0.5) is 0 Å². The number of nitrogens with one attached hydrogen (secondary N) is 1. The fourth-order valence-electron chi connectivity index (χ4n) is 1.12. The van der Waals surface area contributed by atoms with Gasteiger partial charge in [0.25, 0.3) is 0 Å². The molecule has 7 heteroatoms. The van der Waals surface area contributed by atoms with Gasteiger partial charge in [-0.2, -0.15) is 4.89 Å². The molecule has 0 amide bonds. The van der Waals surface area contributed by atoms with Crippen LogP contribution in [0, 0.1) is 5.41 Å². The summed E-state index contributed by atoms with van der Waals surface area (Å²) in [5, 5.41) is 11.0. The van der Waals surface area contributed by atoms with E-state index in [2.05, 4.69) is 19.9 Å². The van der Waals surface area contributed by atoms with Crippen molar-refractivity contribution in [1.82, 2.24) is 14.6 Å². The van der Waals surface area contributed by atoms with Gasteiger partial charge >= 0.3 is 0 Å². The molecule has 0 unspecified atom stereocenters. The van der Waals surface area contributed by atoms with E-state index in [1.165, 1.54) is 0 Å². The average molecular weight is 227 g/mol. The lowest BCUT2D eigenvalue weighted by atomic mass is 10.5. The first-order chi connectivity index (χ1) is 7.31. The Bertz CT molecular complexity index is 484. The zero-order chi connectivity index (χ0) is 10.7. The summed E-state index contributed by atoms with van der Waals surface area (Å²) in [5.41, 5.74) is 0.730. The Balaban J connectivity index is 2.24. The van der Waals surface area contributed by atoms with Gasteiger partial charge in [-0.05, 0) is 12.1 Å². The molecule has 2 heterocycles. The number of rotatable bonds is 4. The summed E-state index contributed by atoms with van der Waals surface area (Å²) in [7, 11) is 0. The Morgan fingerprint density at radius 1 is 1.60 bits per heavy atom. The summed E-state index contributed by atoms with van der Waals surface area (Å²) in [6.07, 6.45) is 2.43. The zero-order valence-corrected chi connectivity index (χ0v) is 8.31. The molecule has 0 atom stereocenters.